The van der Waals surface area contributed by atoms with E-state index in [1.165, 1.54) is 36.4 Å². The zero-order chi connectivity index (χ0) is 63.1. The Bertz CT molecular complexity index is 3160. The average molecular weight is 1250 g/mol. The Morgan fingerprint density at radius 1 is 0.682 bits per heavy atom. The number of carboxylic acids is 2. The molecule has 25 nitrogen and oxygen atoms in total. The lowest BCUT2D eigenvalue weighted by atomic mass is 9.85. The largest absolute Gasteiger partial charge is 0.479 e. The number of esters is 2. The Morgan fingerprint density at radius 2 is 1.14 bits per heavy atom. The van der Waals surface area contributed by atoms with E-state index in [0.717, 1.165) is 17.2 Å². The molecule has 4 aromatic carbocycles. The number of carbonyl (C=O) groups is 6. The molecule has 2 amide bonds. The van der Waals surface area contributed by atoms with Crippen molar-refractivity contribution >= 4 is 77.5 Å². The Kier molecular flexibility index (Phi) is 28.0. The highest BCUT2D eigenvalue weighted by Gasteiger charge is 2.28. The topological polar surface area (TPSA) is 375 Å². The van der Waals surface area contributed by atoms with Gasteiger partial charge in [-0.2, -0.15) is 0 Å². The fraction of sp³-hybridized carbons (Fsp3) is 0.370. The molecule has 2 aromatic heterocycles. The number of aromatic nitrogens is 6. The lowest BCUT2D eigenvalue weighted by molar-refractivity contribution is -0.164. The maximum absolute atomic E-state index is 14.2. The summed E-state index contributed by atoms with van der Waals surface area (Å²) in [5.41, 5.74) is 8.45. The molecular weight excluding hydrogens is 1180 g/mol. The van der Waals surface area contributed by atoms with Crippen molar-refractivity contribution in [3.63, 3.8) is 0 Å². The number of rotatable bonds is 27. The second kappa shape index (κ2) is 34.2. The summed E-state index contributed by atoms with van der Waals surface area (Å²) in [6.07, 6.45) is -1.55. The number of aliphatic hydroxyl groups excluding tert-OH is 2. The molecule has 0 fully saturated rings. The van der Waals surface area contributed by atoms with Gasteiger partial charge in [-0.15, -0.1) is 10.2 Å². The summed E-state index contributed by atoms with van der Waals surface area (Å²) < 4.78 is 38.0. The molecule has 0 aliphatic rings. The molecular formula is C54H64BCl3F2N10O15. The number of alkyl halides is 1. The van der Waals surface area contributed by atoms with Crippen LogP contribution in [0.5, 0.6) is 0 Å². The van der Waals surface area contributed by atoms with Crippen molar-refractivity contribution in [3.8, 4) is 22.3 Å². The minimum Gasteiger partial charge on any atom is -0.479 e. The summed E-state index contributed by atoms with van der Waals surface area (Å²) in [5.74, 6) is -6.59. The summed E-state index contributed by atoms with van der Waals surface area (Å²) >= 11 is 17.2. The van der Waals surface area contributed by atoms with Gasteiger partial charge >= 0.3 is 30.9 Å². The van der Waals surface area contributed by atoms with Crippen molar-refractivity contribution in [2.24, 2.45) is 23.5 Å². The minimum atomic E-state index is -1.74. The van der Waals surface area contributed by atoms with Crippen molar-refractivity contribution in [2.45, 2.75) is 90.5 Å². The number of nitrogens with zero attached hydrogens (tertiary/aromatic N) is 6. The number of amides is 2. The third kappa shape index (κ3) is 22.9. The average Bonchev–Trinajstić information content (AvgIpc) is 4.05. The van der Waals surface area contributed by atoms with Crippen LogP contribution in [-0.4, -0.2) is 153 Å². The number of hydrogen-bond acceptors (Lipinski definition) is 19. The molecule has 0 saturated carbocycles. The predicted octanol–water partition coefficient (Wildman–Crippen LogP) is 4.68. The second-order valence-corrected chi connectivity index (χ2v) is 20.6. The lowest BCUT2D eigenvalue weighted by Gasteiger charge is -2.20. The highest BCUT2D eigenvalue weighted by molar-refractivity contribution is 6.46. The van der Waals surface area contributed by atoms with Crippen LogP contribution in [0.15, 0.2) is 97.3 Å². The maximum atomic E-state index is 14.2. The number of aliphatic carboxylic acids is 2. The first kappa shape index (κ1) is 69.7. The van der Waals surface area contributed by atoms with Crippen LogP contribution in [0, 0.1) is 29.4 Å². The Morgan fingerprint density at radius 3 is 1.53 bits per heavy atom. The van der Waals surface area contributed by atoms with Gasteiger partial charge in [-0.1, -0.05) is 121 Å². The Hall–Kier alpha value is -7.83. The summed E-state index contributed by atoms with van der Waals surface area (Å²) in [4.78, 5) is 77.1. The highest BCUT2D eigenvalue weighted by Crippen LogP contribution is 2.28. The minimum absolute atomic E-state index is 0.0225. The zero-order valence-corrected chi connectivity index (χ0v) is 48.7. The van der Waals surface area contributed by atoms with Crippen LogP contribution in [0.4, 0.5) is 8.78 Å². The fourth-order valence-corrected chi connectivity index (χ4v) is 8.34. The Labute approximate surface area is 501 Å². The lowest BCUT2D eigenvalue weighted by Crippen LogP contribution is -2.48. The third-order valence-electron chi connectivity index (χ3n) is 12.3. The van der Waals surface area contributed by atoms with E-state index in [-0.39, 0.29) is 61.5 Å². The van der Waals surface area contributed by atoms with E-state index < -0.39 is 97.4 Å². The van der Waals surface area contributed by atoms with E-state index in [1.54, 1.807) is 55.4 Å². The van der Waals surface area contributed by atoms with Crippen LogP contribution in [0.3, 0.4) is 0 Å². The fourth-order valence-electron chi connectivity index (χ4n) is 7.89. The van der Waals surface area contributed by atoms with Crippen LogP contribution in [-0.2, 0) is 41.5 Å². The third-order valence-corrected chi connectivity index (χ3v) is 12.9. The molecule has 85 heavy (non-hydrogen) atoms. The number of benzene rings is 4. The van der Waals surface area contributed by atoms with Crippen LogP contribution in [0.2, 0.25) is 16.9 Å². The number of ether oxygens (including phenoxy) is 2. The predicted molar refractivity (Wildman–Crippen MR) is 305 cm³/mol. The number of hydrogen-bond donors (Lipinski definition) is 10. The van der Waals surface area contributed by atoms with Gasteiger partial charge < -0.3 is 66.6 Å². The molecule has 0 unspecified atom stereocenters. The molecule has 0 saturated heterocycles. The summed E-state index contributed by atoms with van der Waals surface area (Å²) in [6.45, 7) is 8.56. The molecule has 6 aromatic rings. The van der Waals surface area contributed by atoms with Gasteiger partial charge in [0.1, 0.15) is 23.9 Å². The molecule has 0 aliphatic carbocycles. The van der Waals surface area contributed by atoms with Gasteiger partial charge in [0.25, 0.3) is 18.6 Å². The molecule has 458 valence electrons. The summed E-state index contributed by atoms with van der Waals surface area (Å²) in [6, 6.07) is 19.7. The zero-order valence-electron chi connectivity index (χ0n) is 46.4. The normalized spacial score (nSPS) is 13.1. The second-order valence-electron chi connectivity index (χ2n) is 19.5. The van der Waals surface area contributed by atoms with Crippen molar-refractivity contribution in [1.82, 2.24) is 46.2 Å². The number of carboxylic acid groups (broad SMARTS) is 2. The van der Waals surface area contributed by atoms with Crippen LogP contribution >= 0.6 is 34.8 Å². The van der Waals surface area contributed by atoms with E-state index >= 15 is 0 Å². The number of nitrogens with one attached hydrogen (secondary N) is 3. The smallest absolute Gasteiger partial charge is 0.374 e. The van der Waals surface area contributed by atoms with E-state index in [0.29, 0.717) is 48.3 Å². The van der Waals surface area contributed by atoms with Gasteiger partial charge in [0.05, 0.1) is 12.1 Å². The maximum Gasteiger partial charge on any atom is 0.374 e. The van der Waals surface area contributed by atoms with Gasteiger partial charge in [0, 0.05) is 52.6 Å². The highest BCUT2D eigenvalue weighted by atomic mass is 35.5. The molecule has 31 heteroatoms. The quantitative estimate of drug-likeness (QED) is 0.0110. The van der Waals surface area contributed by atoms with E-state index in [9.17, 15) is 52.9 Å². The first-order valence-corrected chi connectivity index (χ1v) is 27.2. The molecule has 6 rings (SSSR count). The van der Waals surface area contributed by atoms with Gasteiger partial charge in [-0.25, -0.2) is 18.4 Å². The van der Waals surface area contributed by atoms with Gasteiger partial charge in [-0.3, -0.25) is 19.2 Å². The molecule has 0 bridgehead atoms. The number of halogens is 5. The first-order chi connectivity index (χ1) is 40.2. The van der Waals surface area contributed by atoms with Crippen molar-refractivity contribution in [1.29, 1.82) is 0 Å². The van der Waals surface area contributed by atoms with Crippen LogP contribution < -0.4 is 26.4 Å². The summed E-state index contributed by atoms with van der Waals surface area (Å²) in [5, 5.41) is 78.8. The van der Waals surface area contributed by atoms with E-state index in [2.05, 4.69) is 41.2 Å². The molecule has 11 N–H and O–H groups in total. The number of carbonyl (C=O) groups excluding carboxylic acids is 4. The standard InChI is InChI=1S/C27H31ClFN5O7.C20H18ClFN4O5.C7H15BClNO3/c1-15(2)21(12-30)27(39)40-14-41-34-13-23(32-33-34)25(36)31-19(11-24(35)26(37)38)9-16-3-5-17(6-4-16)20-10-18(28)7-8-22(20)29;21-13-5-6-16(22)15(8-13)12-3-1-11(2-4-12)7-14(9-18(27)20(29)30)23-19(28)17-10-26(31)25-24-17;1-5(2)6(10-8(3)12)7(11)13-4-9/h3-8,10,13,15,19,21,24,35H,9,11-12,14,30H2,1-2H3,(H,31,36)(H,37,38);1-6,8,10,14,18,27,31H,7,9H2,(H,23,28)(H,29,30);5-6,10,12H,4H2,1-3H3/t19-,21+,24-;14-,18-;6-/m110/s1. The van der Waals surface area contributed by atoms with Crippen molar-refractivity contribution in [3.05, 3.63) is 142 Å². The number of aliphatic hydroxyl groups is 2. The molecule has 2 heterocycles. The number of nitrogens with two attached hydrogens (primary N) is 1. The molecule has 0 radical (unpaired) electrons. The van der Waals surface area contributed by atoms with Crippen molar-refractivity contribution in [2.75, 3.05) is 19.4 Å². The monoisotopic (exact) mass is 1250 g/mol. The van der Waals surface area contributed by atoms with E-state index in [1.807, 2.05) is 27.7 Å². The molecule has 6 atom stereocenters. The van der Waals surface area contributed by atoms with Gasteiger partial charge in [-0.05, 0) is 101 Å². The van der Waals surface area contributed by atoms with Gasteiger partial charge in [0.15, 0.2) is 29.7 Å². The first-order valence-electron chi connectivity index (χ1n) is 25.9. The molecule has 0 aliphatic heterocycles. The van der Waals surface area contributed by atoms with Crippen LogP contribution in [0.1, 0.15) is 72.6 Å². The SMILES string of the molecule is CB(O)N[C@H](C(=O)OCCl)C(C)C.CC(C)[C@H](CN)C(=O)OCOn1cc(C(=O)N[C@H](Cc2ccc(-c3cc(Cl)ccc3F)cc2)C[C@@H](O)C(=O)O)nn1.O=C(N[C@H](Cc1ccc(-c2cc(Cl)ccc2F)cc1)C[C@@H](O)C(=O)O)c1cn(O)nn1. The summed E-state index contributed by atoms with van der Waals surface area (Å²) in [7, 11) is -0.740. The van der Waals surface area contributed by atoms with E-state index in [4.69, 9.17) is 65.4 Å². The van der Waals surface area contributed by atoms with Gasteiger partial charge in [0.2, 0.25) is 0 Å². The van der Waals surface area contributed by atoms with Crippen LogP contribution in [0.25, 0.3) is 22.3 Å². The van der Waals surface area contributed by atoms with Crippen molar-refractivity contribution < 1.29 is 82.5 Å². The molecule has 0 spiro atoms. The Balaban J connectivity index is 0.000000309.